The lowest BCUT2D eigenvalue weighted by Gasteiger charge is -2.09. The first kappa shape index (κ1) is 23.4. The fourth-order valence-electron chi connectivity index (χ4n) is 3.92. The van der Waals surface area contributed by atoms with Gasteiger partial charge >= 0.3 is 11.4 Å². The van der Waals surface area contributed by atoms with Crippen LogP contribution in [0.25, 0.3) is 16.7 Å². The highest BCUT2D eigenvalue weighted by atomic mass is 16.6. The minimum absolute atomic E-state index is 0.121. The van der Waals surface area contributed by atoms with Gasteiger partial charge < -0.3 is 5.11 Å². The van der Waals surface area contributed by atoms with Gasteiger partial charge in [0.05, 0.1) is 21.6 Å². The third-order valence-corrected chi connectivity index (χ3v) is 5.69. The summed E-state index contributed by atoms with van der Waals surface area (Å²) in [6.07, 6.45) is 0.956. The molecule has 0 bridgehead atoms. The minimum Gasteiger partial charge on any atom is -0.493 e. The molecule has 0 aliphatic rings. The molecule has 2 aromatic heterocycles. The van der Waals surface area contributed by atoms with E-state index >= 15 is 0 Å². The van der Waals surface area contributed by atoms with Gasteiger partial charge in [0.2, 0.25) is 5.88 Å². The van der Waals surface area contributed by atoms with Crippen LogP contribution in [0.1, 0.15) is 25.0 Å². The zero-order valence-electron chi connectivity index (χ0n) is 19.2. The van der Waals surface area contributed by atoms with Crippen molar-refractivity contribution in [3.63, 3.8) is 0 Å². The lowest BCUT2D eigenvalue weighted by atomic mass is 10.2. The predicted octanol–water partition coefficient (Wildman–Crippen LogP) is 2.35. The minimum atomic E-state index is -0.911. The summed E-state index contributed by atoms with van der Waals surface area (Å²) in [6.45, 7) is 6.05. The normalized spacial score (nSPS) is 11.5. The van der Waals surface area contributed by atoms with Crippen LogP contribution in [0, 0.1) is 17.0 Å². The molecular weight excluding hydrogens is 456 g/mol. The Labute approximate surface area is 197 Å². The summed E-state index contributed by atoms with van der Waals surface area (Å²) in [5.74, 6) is -0.669. The molecule has 0 aliphatic carbocycles. The van der Waals surface area contributed by atoms with Gasteiger partial charge in [-0.3, -0.25) is 29.0 Å². The van der Waals surface area contributed by atoms with Crippen LogP contribution in [0.3, 0.4) is 0 Å². The zero-order valence-corrected chi connectivity index (χ0v) is 19.2. The van der Waals surface area contributed by atoms with Crippen molar-refractivity contribution in [1.29, 1.82) is 0 Å². The highest BCUT2D eigenvalue weighted by Gasteiger charge is 2.21. The van der Waals surface area contributed by atoms with Gasteiger partial charge in [0.15, 0.2) is 0 Å². The van der Waals surface area contributed by atoms with Gasteiger partial charge in [-0.15, -0.1) is 0 Å². The zero-order chi connectivity index (χ0) is 25.4. The molecule has 0 amide bonds. The number of hydrogen-bond acceptors (Lipinski definition) is 7. The number of benzene rings is 2. The van der Waals surface area contributed by atoms with Crippen molar-refractivity contribution in [2.45, 2.75) is 33.9 Å². The molecule has 0 aliphatic heterocycles. The van der Waals surface area contributed by atoms with E-state index in [9.17, 15) is 29.6 Å². The Morgan fingerprint density at radius 2 is 1.66 bits per heavy atom. The molecule has 4 rings (SSSR count). The van der Waals surface area contributed by atoms with Crippen LogP contribution in [0.15, 0.2) is 55.8 Å². The largest absolute Gasteiger partial charge is 0.493 e. The van der Waals surface area contributed by atoms with E-state index in [2.05, 4.69) is 9.98 Å². The van der Waals surface area contributed by atoms with E-state index in [1.165, 1.54) is 21.3 Å². The first-order valence-electron chi connectivity index (χ1n) is 10.8. The van der Waals surface area contributed by atoms with E-state index in [0.717, 1.165) is 16.3 Å². The molecule has 0 fully saturated rings. The first-order valence-corrected chi connectivity index (χ1v) is 10.8. The maximum atomic E-state index is 12.6. The third-order valence-electron chi connectivity index (χ3n) is 5.69. The van der Waals surface area contributed by atoms with Crippen LogP contribution in [0.2, 0.25) is 0 Å². The Kier molecular flexibility index (Phi) is 5.95. The molecule has 0 saturated heterocycles. The van der Waals surface area contributed by atoms with E-state index in [4.69, 9.17) is 0 Å². The fraction of sp³-hybridized carbons (Fsp3) is 0.217. The third kappa shape index (κ3) is 3.94. The van der Waals surface area contributed by atoms with Crippen molar-refractivity contribution in [2.24, 2.45) is 4.99 Å². The lowest BCUT2D eigenvalue weighted by molar-refractivity contribution is -0.383. The van der Waals surface area contributed by atoms with Crippen LogP contribution in [0.5, 0.6) is 5.88 Å². The number of imidazole rings is 1. The molecule has 0 atom stereocenters. The first-order chi connectivity index (χ1) is 16.7. The van der Waals surface area contributed by atoms with Gasteiger partial charge in [0, 0.05) is 25.4 Å². The standard InChI is InChI=1S/C23H22N6O6/c1-4-26-18-10-16(17(29(34)35)11-19(18)27(5-2)23(26)33)24-12-15-20(30)25-22(32)28(21(15)31)14-8-6-13(3)7-9-14/h6-12,31H,4-5H2,1-3H3,(H,25,30,32). The summed E-state index contributed by atoms with van der Waals surface area (Å²) < 4.78 is 3.78. The number of nitro groups is 1. The second-order valence-electron chi connectivity index (χ2n) is 7.78. The number of hydrogen-bond donors (Lipinski definition) is 2. The number of fused-ring (bicyclic) bond motifs is 1. The van der Waals surface area contributed by atoms with Crippen LogP contribution >= 0.6 is 0 Å². The molecule has 12 nitrogen and oxygen atoms in total. The molecule has 2 N–H and O–H groups in total. The number of rotatable bonds is 6. The quantitative estimate of drug-likeness (QED) is 0.246. The molecule has 2 heterocycles. The van der Waals surface area contributed by atoms with Crippen molar-refractivity contribution in [2.75, 3.05) is 0 Å². The summed E-state index contributed by atoms with van der Waals surface area (Å²) in [5, 5.41) is 22.5. The molecule has 180 valence electrons. The molecule has 0 radical (unpaired) electrons. The highest BCUT2D eigenvalue weighted by Crippen LogP contribution is 2.32. The van der Waals surface area contributed by atoms with E-state index < -0.39 is 22.1 Å². The number of nitro benzene ring substituents is 1. The smallest absolute Gasteiger partial charge is 0.335 e. The number of aliphatic imine (C=N–C) groups is 1. The molecule has 35 heavy (non-hydrogen) atoms. The lowest BCUT2D eigenvalue weighted by Crippen LogP contribution is -2.31. The number of aromatic amines is 1. The average molecular weight is 478 g/mol. The molecule has 4 aromatic rings. The van der Waals surface area contributed by atoms with Gasteiger partial charge in [-0.05, 0) is 39.0 Å². The van der Waals surface area contributed by atoms with Crippen molar-refractivity contribution >= 4 is 28.6 Å². The number of nitrogens with one attached hydrogen (secondary N) is 1. The van der Waals surface area contributed by atoms with Crippen molar-refractivity contribution in [1.82, 2.24) is 18.7 Å². The van der Waals surface area contributed by atoms with Gasteiger partial charge in [-0.25, -0.2) is 19.1 Å². The monoisotopic (exact) mass is 478 g/mol. The van der Waals surface area contributed by atoms with Crippen LogP contribution in [-0.4, -0.2) is 34.9 Å². The van der Waals surface area contributed by atoms with Crippen LogP contribution < -0.4 is 16.9 Å². The molecule has 0 spiro atoms. The van der Waals surface area contributed by atoms with Gasteiger partial charge in [0.1, 0.15) is 11.3 Å². The number of aromatic nitrogens is 4. The van der Waals surface area contributed by atoms with E-state index in [1.54, 1.807) is 38.1 Å². The summed E-state index contributed by atoms with van der Waals surface area (Å²) in [5.41, 5.74) is -0.866. The van der Waals surface area contributed by atoms with Crippen molar-refractivity contribution < 1.29 is 10.0 Å². The Hall–Kier alpha value is -4.74. The van der Waals surface area contributed by atoms with Crippen molar-refractivity contribution in [3.05, 3.63) is 89.0 Å². The predicted molar refractivity (Wildman–Crippen MR) is 131 cm³/mol. The van der Waals surface area contributed by atoms with Gasteiger partial charge in [-0.2, -0.15) is 0 Å². The highest BCUT2D eigenvalue weighted by molar-refractivity contribution is 5.89. The topological polar surface area (TPSA) is 158 Å². The second-order valence-corrected chi connectivity index (χ2v) is 7.78. The van der Waals surface area contributed by atoms with E-state index in [0.29, 0.717) is 29.8 Å². The Bertz CT molecular complexity index is 1670. The van der Waals surface area contributed by atoms with Crippen LogP contribution in [0.4, 0.5) is 11.4 Å². The SMILES string of the molecule is CCn1c(=O)n(CC)c2cc([N+](=O)[O-])c(N=Cc3c(O)n(-c4ccc(C)cc4)c(=O)[nH]c3=O)cc21. The maximum absolute atomic E-state index is 12.6. The molecule has 0 saturated carbocycles. The summed E-state index contributed by atoms with van der Waals surface area (Å²) in [6, 6.07) is 9.30. The molecule has 2 aromatic carbocycles. The molecular formula is C23H22N6O6. The Morgan fingerprint density at radius 1 is 1.06 bits per heavy atom. The van der Waals surface area contributed by atoms with Gasteiger partial charge in [0.25, 0.3) is 11.2 Å². The maximum Gasteiger partial charge on any atom is 0.335 e. The summed E-state index contributed by atoms with van der Waals surface area (Å²) >= 11 is 0. The Balaban J connectivity index is 1.92. The summed E-state index contributed by atoms with van der Waals surface area (Å²) in [7, 11) is 0. The number of H-pyrrole nitrogens is 1. The van der Waals surface area contributed by atoms with Gasteiger partial charge in [-0.1, -0.05) is 17.7 Å². The second kappa shape index (κ2) is 8.89. The van der Waals surface area contributed by atoms with Crippen molar-refractivity contribution in [3.8, 4) is 11.6 Å². The Morgan fingerprint density at radius 3 is 2.23 bits per heavy atom. The fourth-order valence-corrected chi connectivity index (χ4v) is 3.92. The average Bonchev–Trinajstić information content (AvgIpc) is 3.08. The van der Waals surface area contributed by atoms with E-state index in [1.807, 2.05) is 6.92 Å². The summed E-state index contributed by atoms with van der Waals surface area (Å²) in [4.78, 5) is 54.8. The molecule has 12 heteroatoms. The number of aromatic hydroxyl groups is 1. The molecule has 0 unspecified atom stereocenters. The van der Waals surface area contributed by atoms with Crippen LogP contribution in [-0.2, 0) is 13.1 Å². The number of aryl methyl sites for hydroxylation is 3. The van der Waals surface area contributed by atoms with E-state index in [-0.39, 0.29) is 22.6 Å². The number of nitrogens with zero attached hydrogens (tertiary/aromatic N) is 5.